The molecule has 39 heavy (non-hydrogen) atoms. The van der Waals surface area contributed by atoms with Crippen molar-refractivity contribution in [2.45, 2.75) is 25.4 Å². The Kier molecular flexibility index (Phi) is 7.19. The Morgan fingerprint density at radius 2 is 1.64 bits per heavy atom. The molecule has 1 atom stereocenters. The van der Waals surface area contributed by atoms with E-state index in [0.717, 1.165) is 49.3 Å². The SMILES string of the molecule is Cn1cc(CN2CCC(C(=O)NC(c3ccc(-c4ccccc4)cc3)c3cnccn3)CC2)c2ccccc21. The van der Waals surface area contributed by atoms with E-state index in [1.54, 1.807) is 18.6 Å². The van der Waals surface area contributed by atoms with Gasteiger partial charge in [0.2, 0.25) is 5.91 Å². The van der Waals surface area contributed by atoms with Crippen LogP contribution < -0.4 is 5.32 Å². The maximum atomic E-state index is 13.5. The Morgan fingerprint density at radius 3 is 2.38 bits per heavy atom. The Bertz CT molecular complexity index is 1540. The second kappa shape index (κ2) is 11.2. The second-order valence-electron chi connectivity index (χ2n) is 10.4. The third kappa shape index (κ3) is 5.47. The molecule has 1 amide bonds. The lowest BCUT2D eigenvalue weighted by Gasteiger charge is -2.32. The van der Waals surface area contributed by atoms with Crippen LogP contribution in [-0.2, 0) is 18.4 Å². The number of hydrogen-bond acceptors (Lipinski definition) is 4. The van der Waals surface area contributed by atoms with Crippen molar-refractivity contribution in [2.24, 2.45) is 13.0 Å². The molecule has 0 saturated carbocycles. The molecule has 1 fully saturated rings. The molecular weight excluding hydrogens is 482 g/mol. The summed E-state index contributed by atoms with van der Waals surface area (Å²) in [6.07, 6.45) is 9.00. The van der Waals surface area contributed by atoms with Gasteiger partial charge in [-0.3, -0.25) is 19.7 Å². The monoisotopic (exact) mass is 515 g/mol. The standard InChI is InChI=1S/C33H33N5O/c1-37-22-28(29-9-5-6-10-31(29)37)23-38-19-15-27(16-20-38)33(39)36-32(30-21-34-17-18-35-30)26-13-11-25(12-14-26)24-7-3-2-4-8-24/h2-14,17-18,21-22,27,32H,15-16,19-20,23H2,1H3,(H,36,39). The Labute approximate surface area is 229 Å². The summed E-state index contributed by atoms with van der Waals surface area (Å²) in [7, 11) is 2.10. The van der Waals surface area contributed by atoms with Gasteiger partial charge in [0, 0.05) is 49.0 Å². The molecule has 2 aromatic heterocycles. The largest absolute Gasteiger partial charge is 0.350 e. The third-order valence-corrected chi connectivity index (χ3v) is 7.85. The summed E-state index contributed by atoms with van der Waals surface area (Å²) in [6, 6.07) is 26.9. The molecule has 1 aliphatic rings. The number of hydrogen-bond donors (Lipinski definition) is 1. The molecule has 196 valence electrons. The molecule has 0 aliphatic carbocycles. The number of aryl methyl sites for hydroxylation is 1. The fraction of sp³-hybridized carbons (Fsp3) is 0.242. The first kappa shape index (κ1) is 25.0. The zero-order chi connectivity index (χ0) is 26.6. The molecule has 0 spiro atoms. The van der Waals surface area contributed by atoms with Crippen LogP contribution >= 0.6 is 0 Å². The topological polar surface area (TPSA) is 63.1 Å². The maximum absolute atomic E-state index is 13.5. The van der Waals surface area contributed by atoms with Crippen LogP contribution in [0.1, 0.15) is 35.7 Å². The van der Waals surface area contributed by atoms with E-state index in [-0.39, 0.29) is 17.9 Å². The molecule has 1 N–H and O–H groups in total. The van der Waals surface area contributed by atoms with Crippen LogP contribution in [-0.4, -0.2) is 38.4 Å². The molecule has 3 heterocycles. The summed E-state index contributed by atoms with van der Waals surface area (Å²) in [5.41, 5.74) is 6.65. The summed E-state index contributed by atoms with van der Waals surface area (Å²) in [6.45, 7) is 2.72. The molecule has 6 heteroatoms. The number of nitrogens with zero attached hydrogens (tertiary/aromatic N) is 4. The number of benzene rings is 3. The number of fused-ring (bicyclic) bond motifs is 1. The first-order chi connectivity index (χ1) is 19.2. The van der Waals surface area contributed by atoms with Gasteiger partial charge in [0.1, 0.15) is 0 Å². The van der Waals surface area contributed by atoms with Gasteiger partial charge in [0.05, 0.1) is 17.9 Å². The van der Waals surface area contributed by atoms with E-state index < -0.39 is 0 Å². The van der Waals surface area contributed by atoms with Crippen molar-refractivity contribution in [3.8, 4) is 11.1 Å². The number of rotatable bonds is 7. The lowest BCUT2D eigenvalue weighted by molar-refractivity contribution is -0.127. The van der Waals surface area contributed by atoms with E-state index in [9.17, 15) is 4.79 Å². The molecule has 1 aliphatic heterocycles. The number of aromatic nitrogens is 3. The fourth-order valence-electron chi connectivity index (χ4n) is 5.69. The van der Waals surface area contributed by atoms with Crippen molar-refractivity contribution >= 4 is 16.8 Å². The van der Waals surface area contributed by atoms with Crippen molar-refractivity contribution in [2.75, 3.05) is 13.1 Å². The van der Waals surface area contributed by atoms with Gasteiger partial charge in [-0.05, 0) is 54.3 Å². The number of nitrogens with one attached hydrogen (secondary N) is 1. The number of amides is 1. The van der Waals surface area contributed by atoms with Gasteiger partial charge in [-0.1, -0.05) is 72.8 Å². The van der Waals surface area contributed by atoms with Gasteiger partial charge in [0.15, 0.2) is 0 Å². The van der Waals surface area contributed by atoms with Gasteiger partial charge < -0.3 is 9.88 Å². The first-order valence-electron chi connectivity index (χ1n) is 13.6. The minimum Gasteiger partial charge on any atom is -0.350 e. The predicted molar refractivity (Wildman–Crippen MR) is 155 cm³/mol. The predicted octanol–water partition coefficient (Wildman–Crippen LogP) is 5.75. The number of carbonyl (C=O) groups excluding carboxylic acids is 1. The first-order valence-corrected chi connectivity index (χ1v) is 13.6. The smallest absolute Gasteiger partial charge is 0.224 e. The van der Waals surface area contributed by atoms with Gasteiger partial charge in [0.25, 0.3) is 0 Å². The quantitative estimate of drug-likeness (QED) is 0.300. The third-order valence-electron chi connectivity index (χ3n) is 7.85. The Balaban J connectivity index is 1.13. The van der Waals surface area contributed by atoms with Crippen molar-refractivity contribution in [3.05, 3.63) is 120 Å². The van der Waals surface area contributed by atoms with Gasteiger partial charge >= 0.3 is 0 Å². The van der Waals surface area contributed by atoms with E-state index in [0.29, 0.717) is 0 Å². The minimum absolute atomic E-state index is 0.0171. The highest BCUT2D eigenvalue weighted by Crippen LogP contribution is 2.28. The van der Waals surface area contributed by atoms with Crippen LogP contribution in [0, 0.1) is 5.92 Å². The molecular formula is C33H33N5O. The van der Waals surface area contributed by atoms with E-state index in [1.165, 1.54) is 22.0 Å². The molecule has 1 saturated heterocycles. The number of para-hydroxylation sites is 1. The van der Waals surface area contributed by atoms with E-state index in [2.05, 4.69) is 98.7 Å². The summed E-state index contributed by atoms with van der Waals surface area (Å²) in [4.78, 5) is 24.8. The molecule has 0 radical (unpaired) electrons. The van der Waals surface area contributed by atoms with Crippen LogP contribution in [0.4, 0.5) is 0 Å². The van der Waals surface area contributed by atoms with Crippen molar-refractivity contribution < 1.29 is 4.79 Å². The molecule has 0 bridgehead atoms. The molecule has 6 nitrogen and oxygen atoms in total. The average Bonchev–Trinajstić information content (AvgIpc) is 3.32. The Morgan fingerprint density at radius 1 is 0.923 bits per heavy atom. The number of carbonyl (C=O) groups is 1. The van der Waals surface area contributed by atoms with E-state index in [4.69, 9.17) is 0 Å². The molecule has 6 rings (SSSR count). The molecule has 5 aromatic rings. The molecule has 3 aromatic carbocycles. The lowest BCUT2D eigenvalue weighted by atomic mass is 9.94. The summed E-state index contributed by atoms with van der Waals surface area (Å²) in [5, 5.41) is 4.62. The van der Waals surface area contributed by atoms with Crippen molar-refractivity contribution in [1.82, 2.24) is 24.8 Å². The second-order valence-corrected chi connectivity index (χ2v) is 10.4. The average molecular weight is 516 g/mol. The minimum atomic E-state index is -0.343. The summed E-state index contributed by atoms with van der Waals surface area (Å²) < 4.78 is 2.20. The van der Waals surface area contributed by atoms with Gasteiger partial charge in [-0.15, -0.1) is 0 Å². The van der Waals surface area contributed by atoms with Gasteiger partial charge in [-0.25, -0.2) is 0 Å². The summed E-state index contributed by atoms with van der Waals surface area (Å²) in [5.74, 6) is 0.0686. The highest BCUT2D eigenvalue weighted by atomic mass is 16.2. The lowest BCUT2D eigenvalue weighted by Crippen LogP contribution is -2.41. The van der Waals surface area contributed by atoms with Crippen molar-refractivity contribution in [3.63, 3.8) is 0 Å². The highest BCUT2D eigenvalue weighted by Gasteiger charge is 2.28. The van der Waals surface area contributed by atoms with E-state index in [1.807, 2.05) is 18.2 Å². The van der Waals surface area contributed by atoms with Crippen molar-refractivity contribution in [1.29, 1.82) is 0 Å². The zero-order valence-corrected chi connectivity index (χ0v) is 22.2. The van der Waals surface area contributed by atoms with Crippen LogP contribution in [0.5, 0.6) is 0 Å². The highest BCUT2D eigenvalue weighted by molar-refractivity contribution is 5.84. The van der Waals surface area contributed by atoms with Crippen LogP contribution in [0.25, 0.3) is 22.0 Å². The number of piperidine rings is 1. The normalized spacial score (nSPS) is 15.3. The van der Waals surface area contributed by atoms with Crippen LogP contribution in [0.2, 0.25) is 0 Å². The Hall–Kier alpha value is -4.29. The zero-order valence-electron chi connectivity index (χ0n) is 22.2. The van der Waals surface area contributed by atoms with Crippen LogP contribution in [0.3, 0.4) is 0 Å². The summed E-state index contributed by atoms with van der Waals surface area (Å²) >= 11 is 0. The molecule has 1 unspecified atom stereocenters. The number of likely N-dealkylation sites (tertiary alicyclic amines) is 1. The van der Waals surface area contributed by atoms with E-state index >= 15 is 0 Å². The van der Waals surface area contributed by atoms with Crippen LogP contribution in [0.15, 0.2) is 104 Å². The fourth-order valence-corrected chi connectivity index (χ4v) is 5.69. The van der Waals surface area contributed by atoms with Gasteiger partial charge in [-0.2, -0.15) is 0 Å². The maximum Gasteiger partial charge on any atom is 0.224 e.